The van der Waals surface area contributed by atoms with Crippen molar-refractivity contribution in [2.45, 2.75) is 12.6 Å². The van der Waals surface area contributed by atoms with Gasteiger partial charge in [-0.15, -0.1) is 0 Å². The molecular formula is C11H13N3O4. The van der Waals surface area contributed by atoms with Crippen molar-refractivity contribution in [3.05, 3.63) is 39.9 Å². The van der Waals surface area contributed by atoms with E-state index in [2.05, 4.69) is 10.6 Å². The molecule has 2 rings (SSSR count). The summed E-state index contributed by atoms with van der Waals surface area (Å²) in [5.41, 5.74) is 0.728. The second-order valence-corrected chi connectivity index (χ2v) is 4.00. The molecule has 96 valence electrons. The molecule has 0 unspecified atom stereocenters. The first-order valence-corrected chi connectivity index (χ1v) is 5.52. The van der Waals surface area contributed by atoms with E-state index in [1.807, 2.05) is 0 Å². The summed E-state index contributed by atoms with van der Waals surface area (Å²) in [4.78, 5) is 21.3. The molecule has 0 aliphatic carbocycles. The number of hydrogen-bond donors (Lipinski definition) is 2. The number of ether oxygens (including phenoxy) is 1. The summed E-state index contributed by atoms with van der Waals surface area (Å²) >= 11 is 0. The van der Waals surface area contributed by atoms with Gasteiger partial charge in [0.2, 0.25) is 0 Å². The lowest BCUT2D eigenvalue weighted by atomic mass is 10.2. The Bertz CT molecular complexity index is 442. The summed E-state index contributed by atoms with van der Waals surface area (Å²) in [5, 5.41) is 16.2. The van der Waals surface area contributed by atoms with Gasteiger partial charge in [-0.2, -0.15) is 0 Å². The number of rotatable bonds is 4. The lowest BCUT2D eigenvalue weighted by Gasteiger charge is -2.27. The van der Waals surface area contributed by atoms with E-state index in [0.717, 1.165) is 13.1 Å². The van der Waals surface area contributed by atoms with Crippen LogP contribution in [0.15, 0.2) is 24.3 Å². The first-order valence-electron chi connectivity index (χ1n) is 5.52. The van der Waals surface area contributed by atoms with Gasteiger partial charge in [0.1, 0.15) is 6.61 Å². The number of carbonyl (C=O) groups excluding carboxylic acids is 1. The monoisotopic (exact) mass is 251 g/mol. The van der Waals surface area contributed by atoms with Gasteiger partial charge in [-0.05, 0) is 17.7 Å². The molecule has 0 saturated carbocycles. The van der Waals surface area contributed by atoms with Crippen molar-refractivity contribution >= 4 is 11.8 Å². The smallest absolute Gasteiger partial charge is 0.407 e. The zero-order valence-electron chi connectivity index (χ0n) is 9.59. The average Bonchev–Trinajstić information content (AvgIpc) is 2.32. The maximum absolute atomic E-state index is 11.3. The Kier molecular flexibility index (Phi) is 3.73. The van der Waals surface area contributed by atoms with Crippen molar-refractivity contribution in [2.24, 2.45) is 0 Å². The topological polar surface area (TPSA) is 93.5 Å². The summed E-state index contributed by atoms with van der Waals surface area (Å²) in [6, 6.07) is 6.03. The van der Waals surface area contributed by atoms with E-state index >= 15 is 0 Å². The minimum atomic E-state index is -0.472. The number of hydrogen-bond acceptors (Lipinski definition) is 5. The van der Waals surface area contributed by atoms with Crippen LogP contribution in [-0.2, 0) is 11.3 Å². The predicted molar refractivity (Wildman–Crippen MR) is 63.1 cm³/mol. The molecule has 0 atom stereocenters. The zero-order valence-corrected chi connectivity index (χ0v) is 9.59. The van der Waals surface area contributed by atoms with Crippen LogP contribution < -0.4 is 10.6 Å². The zero-order chi connectivity index (χ0) is 13.0. The third-order valence-electron chi connectivity index (χ3n) is 2.62. The molecule has 1 aliphatic rings. The Morgan fingerprint density at radius 2 is 2.11 bits per heavy atom. The number of amides is 1. The third-order valence-corrected chi connectivity index (χ3v) is 2.62. The quantitative estimate of drug-likeness (QED) is 0.609. The molecule has 0 bridgehead atoms. The van der Waals surface area contributed by atoms with Crippen LogP contribution in [0.25, 0.3) is 0 Å². The predicted octanol–water partition coefficient (Wildman–Crippen LogP) is 0.793. The second-order valence-electron chi connectivity index (χ2n) is 4.00. The molecule has 7 nitrogen and oxygen atoms in total. The number of benzene rings is 1. The molecule has 0 aromatic heterocycles. The molecule has 1 aromatic carbocycles. The van der Waals surface area contributed by atoms with Gasteiger partial charge in [0, 0.05) is 25.2 Å². The fourth-order valence-electron chi connectivity index (χ4n) is 1.46. The molecule has 0 spiro atoms. The Morgan fingerprint density at radius 1 is 1.44 bits per heavy atom. The Labute approximate surface area is 103 Å². The molecule has 0 radical (unpaired) electrons. The third kappa shape index (κ3) is 3.17. The van der Waals surface area contributed by atoms with Crippen molar-refractivity contribution < 1.29 is 14.5 Å². The highest BCUT2D eigenvalue weighted by molar-refractivity contribution is 5.67. The van der Waals surface area contributed by atoms with Gasteiger partial charge in [0.15, 0.2) is 0 Å². The van der Waals surface area contributed by atoms with Gasteiger partial charge in [0.05, 0.1) is 11.0 Å². The van der Waals surface area contributed by atoms with Crippen LogP contribution >= 0.6 is 0 Å². The highest BCUT2D eigenvalue weighted by Gasteiger charge is 2.19. The van der Waals surface area contributed by atoms with Crippen molar-refractivity contribution in [1.29, 1.82) is 0 Å². The fourth-order valence-corrected chi connectivity index (χ4v) is 1.46. The Morgan fingerprint density at radius 3 is 2.61 bits per heavy atom. The molecular weight excluding hydrogens is 238 g/mol. The normalized spacial score (nSPS) is 14.7. The SMILES string of the molecule is O=C(NC1CNC1)OCc1ccc([N+](=O)[O-])cc1. The van der Waals surface area contributed by atoms with E-state index < -0.39 is 11.0 Å². The van der Waals surface area contributed by atoms with E-state index in [4.69, 9.17) is 4.74 Å². The summed E-state index contributed by atoms with van der Waals surface area (Å²) in [5.74, 6) is 0. The van der Waals surface area contributed by atoms with E-state index in [1.165, 1.54) is 12.1 Å². The van der Waals surface area contributed by atoms with E-state index in [-0.39, 0.29) is 18.3 Å². The summed E-state index contributed by atoms with van der Waals surface area (Å²) < 4.78 is 4.99. The molecule has 1 saturated heterocycles. The van der Waals surface area contributed by atoms with Crippen LogP contribution in [0.1, 0.15) is 5.56 Å². The molecule has 18 heavy (non-hydrogen) atoms. The summed E-state index contributed by atoms with van der Waals surface area (Å²) in [6.45, 7) is 1.61. The lowest BCUT2D eigenvalue weighted by molar-refractivity contribution is -0.384. The summed E-state index contributed by atoms with van der Waals surface area (Å²) in [6.07, 6.45) is -0.472. The van der Waals surface area contributed by atoms with Gasteiger partial charge in [0.25, 0.3) is 5.69 Å². The molecule has 1 aliphatic heterocycles. The maximum atomic E-state index is 11.3. The van der Waals surface area contributed by atoms with Gasteiger partial charge in [-0.3, -0.25) is 10.1 Å². The van der Waals surface area contributed by atoms with Crippen LogP contribution in [0.2, 0.25) is 0 Å². The first kappa shape index (κ1) is 12.3. The van der Waals surface area contributed by atoms with Crippen molar-refractivity contribution in [2.75, 3.05) is 13.1 Å². The Balaban J connectivity index is 1.78. The molecule has 1 fully saturated rings. The van der Waals surface area contributed by atoms with Gasteiger partial charge >= 0.3 is 6.09 Å². The molecule has 1 amide bonds. The van der Waals surface area contributed by atoms with Crippen molar-refractivity contribution in [3.63, 3.8) is 0 Å². The van der Waals surface area contributed by atoms with Crippen LogP contribution in [0, 0.1) is 10.1 Å². The molecule has 1 heterocycles. The number of alkyl carbamates (subject to hydrolysis) is 1. The van der Waals surface area contributed by atoms with E-state index in [0.29, 0.717) is 5.56 Å². The minimum Gasteiger partial charge on any atom is -0.445 e. The molecule has 1 aromatic rings. The molecule has 7 heteroatoms. The van der Waals surface area contributed by atoms with Crippen LogP contribution in [0.4, 0.5) is 10.5 Å². The minimum absolute atomic E-state index is 0.0174. The molecule has 2 N–H and O–H groups in total. The van der Waals surface area contributed by atoms with Crippen LogP contribution in [-0.4, -0.2) is 30.1 Å². The number of nitrogens with zero attached hydrogens (tertiary/aromatic N) is 1. The largest absolute Gasteiger partial charge is 0.445 e. The number of nitro groups is 1. The van der Waals surface area contributed by atoms with Crippen molar-refractivity contribution in [1.82, 2.24) is 10.6 Å². The number of nitrogens with one attached hydrogen (secondary N) is 2. The number of non-ortho nitro benzene ring substituents is 1. The second kappa shape index (κ2) is 5.46. The Hall–Kier alpha value is -2.15. The average molecular weight is 251 g/mol. The highest BCUT2D eigenvalue weighted by atomic mass is 16.6. The standard InChI is InChI=1S/C11H13N3O4/c15-11(13-9-5-12-6-9)18-7-8-1-3-10(4-2-8)14(16)17/h1-4,9,12H,5-7H2,(H,13,15). The highest BCUT2D eigenvalue weighted by Crippen LogP contribution is 2.12. The fraction of sp³-hybridized carbons (Fsp3) is 0.364. The van der Waals surface area contributed by atoms with E-state index in [1.54, 1.807) is 12.1 Å². The number of carbonyl (C=O) groups is 1. The lowest BCUT2D eigenvalue weighted by Crippen LogP contribution is -2.57. The van der Waals surface area contributed by atoms with Gasteiger partial charge < -0.3 is 15.4 Å². The van der Waals surface area contributed by atoms with Crippen LogP contribution in [0.3, 0.4) is 0 Å². The summed E-state index contributed by atoms with van der Waals surface area (Å²) in [7, 11) is 0. The van der Waals surface area contributed by atoms with Gasteiger partial charge in [-0.1, -0.05) is 0 Å². The van der Waals surface area contributed by atoms with Gasteiger partial charge in [-0.25, -0.2) is 4.79 Å². The maximum Gasteiger partial charge on any atom is 0.407 e. The van der Waals surface area contributed by atoms with Crippen LogP contribution in [0.5, 0.6) is 0 Å². The van der Waals surface area contributed by atoms with Crippen molar-refractivity contribution in [3.8, 4) is 0 Å². The number of nitro benzene ring substituents is 1. The van der Waals surface area contributed by atoms with E-state index in [9.17, 15) is 14.9 Å². The first-order chi connectivity index (χ1) is 8.65.